The third-order valence-electron chi connectivity index (χ3n) is 2.32. The van der Waals surface area contributed by atoms with Gasteiger partial charge < -0.3 is 0 Å². The lowest BCUT2D eigenvalue weighted by atomic mass is 10.1. The van der Waals surface area contributed by atoms with E-state index >= 15 is 0 Å². The number of aromatic nitrogens is 5. The third kappa shape index (κ3) is 2.23. The van der Waals surface area contributed by atoms with E-state index in [2.05, 4.69) is 24.3 Å². The Kier molecular flexibility index (Phi) is 3.54. The van der Waals surface area contributed by atoms with Gasteiger partial charge in [-0.2, -0.15) is 13.8 Å². The number of hydrogen-bond acceptors (Lipinski definition) is 7. The van der Waals surface area contributed by atoms with Crippen LogP contribution in [0.25, 0.3) is 0 Å². The molecule has 7 nitrogen and oxygen atoms in total. The van der Waals surface area contributed by atoms with Crippen LogP contribution in [0.15, 0.2) is 12.5 Å². The van der Waals surface area contributed by atoms with Gasteiger partial charge in [0, 0.05) is 13.0 Å². The van der Waals surface area contributed by atoms with Gasteiger partial charge >= 0.3 is 0 Å². The Bertz CT molecular complexity index is 423. The van der Waals surface area contributed by atoms with Gasteiger partial charge in [0.2, 0.25) is 0 Å². The first-order chi connectivity index (χ1) is 7.85. The molecule has 0 bridgehead atoms. The quantitative estimate of drug-likeness (QED) is 0.559. The highest BCUT2D eigenvalue weighted by atomic mass is 32.1. The summed E-state index contributed by atoms with van der Waals surface area (Å²) in [5.41, 5.74) is 3.55. The smallest absolute Gasteiger partial charge is 0.138 e. The van der Waals surface area contributed by atoms with Crippen molar-refractivity contribution >= 4 is 11.7 Å². The maximum atomic E-state index is 5.50. The molecule has 1 atom stereocenters. The van der Waals surface area contributed by atoms with Crippen molar-refractivity contribution in [1.29, 1.82) is 0 Å². The van der Waals surface area contributed by atoms with Crippen LogP contribution in [0.1, 0.15) is 24.5 Å². The molecular formula is C8H13N7S. The molecule has 2 rings (SSSR count). The molecule has 0 aromatic carbocycles. The minimum absolute atomic E-state index is 0.0757. The van der Waals surface area contributed by atoms with Crippen molar-refractivity contribution in [3.8, 4) is 0 Å². The Morgan fingerprint density at radius 1 is 1.62 bits per heavy atom. The lowest BCUT2D eigenvalue weighted by molar-refractivity contribution is 0.503. The molecule has 2 heterocycles. The fraction of sp³-hybridized carbons (Fsp3) is 0.500. The van der Waals surface area contributed by atoms with Crippen LogP contribution in [-0.2, 0) is 13.0 Å². The summed E-state index contributed by atoms with van der Waals surface area (Å²) in [6.07, 6.45) is 3.91. The van der Waals surface area contributed by atoms with E-state index in [4.69, 9.17) is 5.84 Å². The summed E-state index contributed by atoms with van der Waals surface area (Å²) in [4.78, 5) is 4.20. The van der Waals surface area contributed by atoms with Crippen molar-refractivity contribution < 1.29 is 0 Å². The second kappa shape index (κ2) is 5.10. The van der Waals surface area contributed by atoms with Gasteiger partial charge in [-0.05, 0) is 6.92 Å². The number of nitrogens with one attached hydrogen (secondary N) is 1. The molecular weight excluding hydrogens is 226 g/mol. The summed E-state index contributed by atoms with van der Waals surface area (Å²) in [7, 11) is 0. The van der Waals surface area contributed by atoms with E-state index in [1.807, 2.05) is 11.6 Å². The number of nitrogens with two attached hydrogens (primary N) is 1. The maximum Gasteiger partial charge on any atom is 0.138 e. The van der Waals surface area contributed by atoms with Crippen molar-refractivity contribution in [2.75, 3.05) is 0 Å². The number of aryl methyl sites for hydroxylation is 1. The number of rotatable bonds is 5. The topological polar surface area (TPSA) is 94.5 Å². The van der Waals surface area contributed by atoms with Crippen molar-refractivity contribution in [2.24, 2.45) is 5.84 Å². The third-order valence-corrected chi connectivity index (χ3v) is 2.81. The van der Waals surface area contributed by atoms with Crippen LogP contribution < -0.4 is 11.3 Å². The highest BCUT2D eigenvalue weighted by Gasteiger charge is 2.16. The first kappa shape index (κ1) is 11.1. The summed E-state index contributed by atoms with van der Waals surface area (Å²) in [5.74, 6) is 6.39. The van der Waals surface area contributed by atoms with E-state index in [1.54, 1.807) is 12.5 Å². The maximum absolute atomic E-state index is 5.50. The summed E-state index contributed by atoms with van der Waals surface area (Å²) < 4.78 is 9.95. The van der Waals surface area contributed by atoms with E-state index in [0.29, 0.717) is 6.42 Å². The van der Waals surface area contributed by atoms with E-state index in [-0.39, 0.29) is 6.04 Å². The number of hydrogen-bond donors (Lipinski definition) is 2. The number of nitrogens with zero attached hydrogens (tertiary/aromatic N) is 5. The lowest BCUT2D eigenvalue weighted by Crippen LogP contribution is -2.30. The lowest BCUT2D eigenvalue weighted by Gasteiger charge is -2.12. The molecule has 0 spiro atoms. The number of hydrazine groups is 1. The van der Waals surface area contributed by atoms with Crippen molar-refractivity contribution in [3.63, 3.8) is 0 Å². The highest BCUT2D eigenvalue weighted by molar-refractivity contribution is 6.99. The second-order valence-electron chi connectivity index (χ2n) is 3.25. The second-order valence-corrected chi connectivity index (χ2v) is 3.80. The van der Waals surface area contributed by atoms with Crippen LogP contribution in [0.4, 0.5) is 0 Å². The molecule has 0 amide bonds. The SMILES string of the molecule is CCn1ncnc1CC(NN)c1cnsn1. The molecule has 0 saturated heterocycles. The Morgan fingerprint density at radius 2 is 2.50 bits per heavy atom. The Balaban J connectivity index is 2.13. The Labute approximate surface area is 97.0 Å². The summed E-state index contributed by atoms with van der Waals surface area (Å²) in [6, 6.07) is -0.0757. The predicted octanol–water partition coefficient (Wildman–Crippen LogP) is -0.103. The Hall–Kier alpha value is -1.38. The van der Waals surface area contributed by atoms with Crippen molar-refractivity contribution in [2.45, 2.75) is 25.9 Å². The fourth-order valence-corrected chi connectivity index (χ4v) is 1.94. The first-order valence-electron chi connectivity index (χ1n) is 4.95. The molecule has 2 aromatic heterocycles. The van der Waals surface area contributed by atoms with E-state index in [0.717, 1.165) is 18.1 Å². The highest BCUT2D eigenvalue weighted by Crippen LogP contribution is 2.14. The normalized spacial score (nSPS) is 12.9. The molecule has 0 aliphatic rings. The van der Waals surface area contributed by atoms with Gasteiger partial charge in [0.05, 0.1) is 29.7 Å². The van der Waals surface area contributed by atoms with Gasteiger partial charge in [-0.3, -0.25) is 16.0 Å². The predicted molar refractivity (Wildman–Crippen MR) is 59.4 cm³/mol. The fourth-order valence-electron chi connectivity index (χ4n) is 1.47. The molecule has 8 heteroatoms. The zero-order valence-electron chi connectivity index (χ0n) is 8.87. The molecule has 0 fully saturated rings. The molecule has 0 saturated carbocycles. The molecule has 0 aliphatic carbocycles. The van der Waals surface area contributed by atoms with Gasteiger partial charge in [-0.1, -0.05) is 0 Å². The Morgan fingerprint density at radius 3 is 3.12 bits per heavy atom. The van der Waals surface area contributed by atoms with Crippen LogP contribution in [0.3, 0.4) is 0 Å². The van der Waals surface area contributed by atoms with Crippen LogP contribution in [0, 0.1) is 0 Å². The molecule has 2 aromatic rings. The van der Waals surface area contributed by atoms with Gasteiger partial charge in [0.15, 0.2) is 0 Å². The van der Waals surface area contributed by atoms with Gasteiger partial charge in [0.1, 0.15) is 12.2 Å². The minimum atomic E-state index is -0.0757. The summed E-state index contributed by atoms with van der Waals surface area (Å²) >= 11 is 1.17. The van der Waals surface area contributed by atoms with E-state index in [9.17, 15) is 0 Å². The monoisotopic (exact) mass is 239 g/mol. The van der Waals surface area contributed by atoms with Crippen LogP contribution >= 0.6 is 11.7 Å². The average molecular weight is 239 g/mol. The molecule has 1 unspecified atom stereocenters. The summed E-state index contributed by atoms with van der Waals surface area (Å²) in [5, 5.41) is 4.11. The minimum Gasteiger partial charge on any atom is -0.271 e. The summed E-state index contributed by atoms with van der Waals surface area (Å²) in [6.45, 7) is 2.81. The van der Waals surface area contributed by atoms with Crippen molar-refractivity contribution in [3.05, 3.63) is 24.0 Å². The molecule has 3 N–H and O–H groups in total. The zero-order valence-corrected chi connectivity index (χ0v) is 9.68. The van der Waals surface area contributed by atoms with Crippen LogP contribution in [0.2, 0.25) is 0 Å². The van der Waals surface area contributed by atoms with Crippen molar-refractivity contribution in [1.82, 2.24) is 28.9 Å². The van der Waals surface area contributed by atoms with Gasteiger partial charge in [-0.25, -0.2) is 4.98 Å². The van der Waals surface area contributed by atoms with Gasteiger partial charge in [0.25, 0.3) is 0 Å². The average Bonchev–Trinajstić information content (AvgIpc) is 2.96. The largest absolute Gasteiger partial charge is 0.271 e. The van der Waals surface area contributed by atoms with Crippen LogP contribution in [-0.4, -0.2) is 23.5 Å². The van der Waals surface area contributed by atoms with E-state index in [1.165, 1.54) is 11.7 Å². The van der Waals surface area contributed by atoms with Crippen LogP contribution in [0.5, 0.6) is 0 Å². The first-order valence-corrected chi connectivity index (χ1v) is 5.68. The van der Waals surface area contributed by atoms with Gasteiger partial charge in [-0.15, -0.1) is 0 Å². The molecule has 16 heavy (non-hydrogen) atoms. The standard InChI is InChI=1S/C8H13N7S/c1-2-15-8(10-5-11-15)3-6(13-9)7-4-12-16-14-7/h4-6,13H,2-3,9H2,1H3. The molecule has 86 valence electrons. The molecule has 0 aliphatic heterocycles. The molecule has 0 radical (unpaired) electrons. The zero-order chi connectivity index (χ0) is 11.4. The van der Waals surface area contributed by atoms with E-state index < -0.39 is 0 Å².